The first-order valence-corrected chi connectivity index (χ1v) is 11.5. The molecule has 2 heterocycles. The molecule has 0 spiro atoms. The van der Waals surface area contributed by atoms with Crippen molar-refractivity contribution >= 4 is 65.0 Å². The SMILES string of the molecule is Cl.Cl.NN(c1ccccc1Cl)c1nc(N[C@H]2CC[C@H](N)CC2)nc2c1ncn2C1CCCC1. The number of anilines is 3. The Bertz CT molecular complexity index is 1060. The molecular weight excluding hydrogens is 483 g/mol. The molecule has 180 valence electrons. The highest BCUT2D eigenvalue weighted by atomic mass is 35.5. The third kappa shape index (κ3) is 5.30. The van der Waals surface area contributed by atoms with Crippen LogP contribution >= 0.6 is 36.4 Å². The lowest BCUT2D eigenvalue weighted by molar-refractivity contribution is 0.410. The van der Waals surface area contributed by atoms with E-state index in [0.29, 0.717) is 46.1 Å². The van der Waals surface area contributed by atoms with Crippen molar-refractivity contribution in [2.75, 3.05) is 10.3 Å². The number of fused-ring (bicyclic) bond motifs is 1. The minimum atomic E-state index is 0. The molecular formula is C22H31Cl3N8. The number of rotatable bonds is 5. The fourth-order valence-electron chi connectivity index (χ4n) is 4.79. The Labute approximate surface area is 211 Å². The maximum Gasteiger partial charge on any atom is 0.227 e. The van der Waals surface area contributed by atoms with E-state index in [2.05, 4.69) is 14.9 Å². The van der Waals surface area contributed by atoms with Gasteiger partial charge in [0.2, 0.25) is 5.95 Å². The molecule has 0 radical (unpaired) electrons. The lowest BCUT2D eigenvalue weighted by atomic mass is 9.92. The first-order chi connectivity index (χ1) is 15.1. The average molecular weight is 514 g/mol. The van der Waals surface area contributed by atoms with E-state index in [1.165, 1.54) is 17.9 Å². The monoisotopic (exact) mass is 512 g/mol. The zero-order chi connectivity index (χ0) is 21.4. The molecule has 5 rings (SSSR count). The Kier molecular flexibility index (Phi) is 8.64. The van der Waals surface area contributed by atoms with Crippen LogP contribution in [-0.2, 0) is 0 Å². The van der Waals surface area contributed by atoms with Gasteiger partial charge in [-0.3, -0.25) is 5.01 Å². The highest BCUT2D eigenvalue weighted by Crippen LogP contribution is 2.36. The Hall–Kier alpha value is -1.84. The highest BCUT2D eigenvalue weighted by molar-refractivity contribution is 6.33. The van der Waals surface area contributed by atoms with Gasteiger partial charge in [-0.2, -0.15) is 9.97 Å². The normalized spacial score (nSPS) is 20.8. The number of hydrazine groups is 1. The lowest BCUT2D eigenvalue weighted by Crippen LogP contribution is -2.33. The summed E-state index contributed by atoms with van der Waals surface area (Å²) < 4.78 is 2.19. The van der Waals surface area contributed by atoms with Crippen LogP contribution in [0.4, 0.5) is 17.5 Å². The van der Waals surface area contributed by atoms with Gasteiger partial charge in [-0.15, -0.1) is 24.8 Å². The van der Waals surface area contributed by atoms with Gasteiger partial charge in [-0.1, -0.05) is 36.6 Å². The molecule has 2 aromatic heterocycles. The molecule has 2 aliphatic rings. The second kappa shape index (κ2) is 11.1. The summed E-state index contributed by atoms with van der Waals surface area (Å²) in [7, 11) is 0. The summed E-state index contributed by atoms with van der Waals surface area (Å²) in [5.74, 6) is 7.65. The summed E-state index contributed by atoms with van der Waals surface area (Å²) in [5.41, 5.74) is 8.25. The van der Waals surface area contributed by atoms with Gasteiger partial charge >= 0.3 is 0 Å². The van der Waals surface area contributed by atoms with Crippen LogP contribution in [-0.4, -0.2) is 31.6 Å². The molecule has 1 aromatic carbocycles. The van der Waals surface area contributed by atoms with E-state index >= 15 is 0 Å². The number of para-hydroxylation sites is 1. The Morgan fingerprint density at radius 2 is 1.70 bits per heavy atom. The van der Waals surface area contributed by atoms with Crippen LogP contribution in [0, 0.1) is 0 Å². The maximum atomic E-state index is 6.53. The fourth-order valence-corrected chi connectivity index (χ4v) is 5.02. The Morgan fingerprint density at radius 1 is 1.00 bits per heavy atom. The molecule has 2 aliphatic carbocycles. The van der Waals surface area contributed by atoms with E-state index in [0.717, 1.165) is 44.2 Å². The quantitative estimate of drug-likeness (QED) is 0.320. The number of nitrogens with zero attached hydrogens (tertiary/aromatic N) is 5. The number of hydrogen-bond donors (Lipinski definition) is 3. The van der Waals surface area contributed by atoms with Gasteiger partial charge in [0.05, 0.1) is 17.0 Å². The van der Waals surface area contributed by atoms with Crippen molar-refractivity contribution in [3.05, 3.63) is 35.6 Å². The molecule has 0 unspecified atom stereocenters. The van der Waals surface area contributed by atoms with Crippen LogP contribution in [0.25, 0.3) is 11.2 Å². The second-order valence-corrected chi connectivity index (χ2v) is 9.12. The van der Waals surface area contributed by atoms with Gasteiger partial charge in [0, 0.05) is 18.1 Å². The number of nitrogens with two attached hydrogens (primary N) is 2. The number of hydrogen-bond acceptors (Lipinski definition) is 7. The Balaban J connectivity index is 0.00000153. The second-order valence-electron chi connectivity index (χ2n) is 8.71. The third-order valence-electron chi connectivity index (χ3n) is 6.57. The predicted octanol–water partition coefficient (Wildman–Crippen LogP) is 5.13. The zero-order valence-electron chi connectivity index (χ0n) is 18.4. The summed E-state index contributed by atoms with van der Waals surface area (Å²) in [5, 5.41) is 5.60. The van der Waals surface area contributed by atoms with Crippen LogP contribution in [0.2, 0.25) is 5.02 Å². The van der Waals surface area contributed by atoms with Crippen molar-refractivity contribution < 1.29 is 0 Å². The number of nitrogens with one attached hydrogen (secondary N) is 1. The summed E-state index contributed by atoms with van der Waals surface area (Å²) in [6.45, 7) is 0. The predicted molar refractivity (Wildman–Crippen MR) is 139 cm³/mol. The minimum absolute atomic E-state index is 0. The molecule has 0 aliphatic heterocycles. The molecule has 0 amide bonds. The van der Waals surface area contributed by atoms with Gasteiger partial charge in [0.1, 0.15) is 0 Å². The minimum Gasteiger partial charge on any atom is -0.351 e. The van der Waals surface area contributed by atoms with E-state index in [1.54, 1.807) is 0 Å². The molecule has 0 saturated heterocycles. The largest absolute Gasteiger partial charge is 0.351 e. The van der Waals surface area contributed by atoms with E-state index < -0.39 is 0 Å². The van der Waals surface area contributed by atoms with Crippen molar-refractivity contribution in [3.8, 4) is 0 Å². The van der Waals surface area contributed by atoms with Gasteiger partial charge < -0.3 is 15.6 Å². The highest BCUT2D eigenvalue weighted by Gasteiger charge is 2.25. The van der Waals surface area contributed by atoms with Crippen molar-refractivity contribution in [3.63, 3.8) is 0 Å². The van der Waals surface area contributed by atoms with Crippen molar-refractivity contribution in [1.29, 1.82) is 0 Å². The van der Waals surface area contributed by atoms with Crippen molar-refractivity contribution in [2.24, 2.45) is 11.6 Å². The number of benzene rings is 1. The van der Waals surface area contributed by atoms with Crippen LogP contribution in [0.1, 0.15) is 57.4 Å². The lowest BCUT2D eigenvalue weighted by Gasteiger charge is -2.27. The summed E-state index contributed by atoms with van der Waals surface area (Å²) in [6, 6.07) is 8.49. The van der Waals surface area contributed by atoms with Crippen molar-refractivity contribution in [2.45, 2.75) is 69.5 Å². The van der Waals surface area contributed by atoms with Gasteiger partial charge in [0.25, 0.3) is 0 Å². The van der Waals surface area contributed by atoms with Crippen LogP contribution in [0.5, 0.6) is 0 Å². The molecule has 8 nitrogen and oxygen atoms in total. The van der Waals surface area contributed by atoms with E-state index in [-0.39, 0.29) is 24.8 Å². The van der Waals surface area contributed by atoms with Gasteiger partial charge in [-0.05, 0) is 50.7 Å². The van der Waals surface area contributed by atoms with Crippen molar-refractivity contribution in [1.82, 2.24) is 19.5 Å². The number of aromatic nitrogens is 4. The van der Waals surface area contributed by atoms with Crippen LogP contribution < -0.4 is 21.9 Å². The molecule has 2 fully saturated rings. The Morgan fingerprint density at radius 3 is 2.39 bits per heavy atom. The topological polar surface area (TPSA) is 111 Å². The zero-order valence-corrected chi connectivity index (χ0v) is 20.7. The molecule has 2 saturated carbocycles. The molecule has 11 heteroatoms. The summed E-state index contributed by atoms with van der Waals surface area (Å²) >= 11 is 6.42. The fraction of sp³-hybridized carbons (Fsp3) is 0.500. The molecule has 5 N–H and O–H groups in total. The average Bonchev–Trinajstić information content (AvgIpc) is 3.44. The first kappa shape index (κ1) is 25.8. The summed E-state index contributed by atoms with van der Waals surface area (Å²) in [6.07, 6.45) is 10.7. The molecule has 33 heavy (non-hydrogen) atoms. The van der Waals surface area contributed by atoms with Crippen LogP contribution in [0.3, 0.4) is 0 Å². The van der Waals surface area contributed by atoms with Gasteiger partial charge in [-0.25, -0.2) is 10.8 Å². The molecule has 3 aromatic rings. The van der Waals surface area contributed by atoms with E-state index in [4.69, 9.17) is 33.1 Å². The molecule has 0 atom stereocenters. The van der Waals surface area contributed by atoms with E-state index in [1.807, 2.05) is 30.6 Å². The summed E-state index contributed by atoms with van der Waals surface area (Å²) in [4.78, 5) is 14.3. The van der Waals surface area contributed by atoms with Crippen LogP contribution in [0.15, 0.2) is 30.6 Å². The maximum absolute atomic E-state index is 6.53. The first-order valence-electron chi connectivity index (χ1n) is 11.2. The number of halogens is 3. The smallest absolute Gasteiger partial charge is 0.227 e. The third-order valence-corrected chi connectivity index (χ3v) is 6.89. The number of imidazole rings is 1. The van der Waals surface area contributed by atoms with Gasteiger partial charge in [0.15, 0.2) is 17.0 Å². The standard InChI is InChI=1S/C22H29ClN8.2ClH/c23-17-7-3-4-8-18(17)31(25)21-19-20(30(13-26-19)16-5-1-2-6-16)28-22(29-21)27-15-11-9-14(24)10-12-15;;/h3-4,7-8,13-16H,1-2,5-6,9-12,24-25H2,(H,27,28,29);2*1H/t14-,15-;;. The van der Waals surface area contributed by atoms with E-state index in [9.17, 15) is 0 Å². The molecule has 0 bridgehead atoms.